The normalized spacial score (nSPS) is 18.9. The van der Waals surface area contributed by atoms with E-state index in [4.69, 9.17) is 4.74 Å². The molecule has 0 radical (unpaired) electrons. The fraction of sp³-hybridized carbons (Fsp3) is 0.615. The van der Waals surface area contributed by atoms with Crippen LogP contribution in [0.25, 0.3) is 0 Å². The summed E-state index contributed by atoms with van der Waals surface area (Å²) in [7, 11) is 1.35. The van der Waals surface area contributed by atoms with Gasteiger partial charge in [-0.1, -0.05) is 0 Å². The molecule has 0 bridgehead atoms. The Morgan fingerprint density at radius 3 is 3.05 bits per heavy atom. The zero-order chi connectivity index (χ0) is 14.5. The first kappa shape index (κ1) is 14.9. The maximum absolute atomic E-state index is 12.2. The monoisotopic (exact) mass is 298 g/mol. The number of nitrogens with zero attached hydrogens (tertiary/aromatic N) is 2. The maximum atomic E-state index is 12.2. The molecule has 1 aromatic heterocycles. The van der Waals surface area contributed by atoms with E-state index in [1.807, 2.05) is 12.3 Å². The molecule has 0 saturated carbocycles. The Kier molecular flexibility index (Phi) is 5.08. The van der Waals surface area contributed by atoms with Crippen molar-refractivity contribution >= 4 is 23.2 Å². The molecule has 1 aliphatic heterocycles. The lowest BCUT2D eigenvalue weighted by molar-refractivity contribution is -0.149. The molecule has 1 amide bonds. The third kappa shape index (κ3) is 4.01. The Hall–Kier alpha value is -1.47. The van der Waals surface area contributed by atoms with E-state index in [1.165, 1.54) is 18.4 Å². The minimum absolute atomic E-state index is 0.0217. The van der Waals surface area contributed by atoms with Gasteiger partial charge in [-0.2, -0.15) is 0 Å². The molecule has 1 aliphatic rings. The minimum atomic E-state index is -0.320. The highest BCUT2D eigenvalue weighted by Crippen LogP contribution is 2.13. The molecule has 1 unspecified atom stereocenters. The Balaban J connectivity index is 1.88. The molecule has 0 aromatic carbocycles. The lowest BCUT2D eigenvalue weighted by Gasteiger charge is -2.32. The molecule has 20 heavy (non-hydrogen) atoms. The molecule has 1 atom stereocenters. The van der Waals surface area contributed by atoms with Crippen molar-refractivity contribution in [3.05, 3.63) is 16.1 Å². The number of ether oxygens (including phenoxy) is 2. The average Bonchev–Trinajstić information content (AvgIpc) is 2.84. The lowest BCUT2D eigenvalue weighted by Crippen LogP contribution is -2.46. The number of rotatable bonds is 4. The van der Waals surface area contributed by atoms with E-state index in [-0.39, 0.29) is 24.4 Å². The Morgan fingerprint density at radius 1 is 1.60 bits per heavy atom. The fourth-order valence-corrected chi connectivity index (χ4v) is 2.71. The van der Waals surface area contributed by atoms with Crippen LogP contribution in [0.3, 0.4) is 0 Å². The van der Waals surface area contributed by atoms with Crippen molar-refractivity contribution < 1.29 is 19.1 Å². The summed E-state index contributed by atoms with van der Waals surface area (Å²) in [5.41, 5.74) is 0.800. The van der Waals surface area contributed by atoms with Gasteiger partial charge in [0.25, 0.3) is 0 Å². The molecule has 1 aromatic rings. The molecule has 7 heteroatoms. The van der Waals surface area contributed by atoms with Gasteiger partial charge in [-0.25, -0.2) is 4.98 Å². The summed E-state index contributed by atoms with van der Waals surface area (Å²) >= 11 is 1.54. The van der Waals surface area contributed by atoms with Crippen LogP contribution >= 0.6 is 11.3 Å². The van der Waals surface area contributed by atoms with Crippen LogP contribution < -0.4 is 0 Å². The van der Waals surface area contributed by atoms with Gasteiger partial charge in [-0.05, 0) is 6.92 Å². The topological polar surface area (TPSA) is 68.7 Å². The summed E-state index contributed by atoms with van der Waals surface area (Å²) in [6, 6.07) is 0. The summed E-state index contributed by atoms with van der Waals surface area (Å²) in [6.07, 6.45) is 0.197. The third-order valence-corrected chi connectivity index (χ3v) is 3.93. The van der Waals surface area contributed by atoms with Crippen molar-refractivity contribution in [3.8, 4) is 0 Å². The SMILES string of the molecule is COC(=O)CC1CN(C(=O)Cc2csc(C)n2)CCO1. The number of aromatic nitrogens is 1. The van der Waals surface area contributed by atoms with Gasteiger partial charge in [0.05, 0.1) is 43.4 Å². The quantitative estimate of drug-likeness (QED) is 0.769. The largest absolute Gasteiger partial charge is 0.469 e. The van der Waals surface area contributed by atoms with Gasteiger partial charge >= 0.3 is 5.97 Å². The number of carbonyl (C=O) groups is 2. The molecular weight excluding hydrogens is 280 g/mol. The van der Waals surface area contributed by atoms with Crippen LogP contribution in [0, 0.1) is 6.92 Å². The first-order chi connectivity index (χ1) is 9.58. The molecule has 110 valence electrons. The van der Waals surface area contributed by atoms with Crippen molar-refractivity contribution in [2.75, 3.05) is 26.8 Å². The molecular formula is C13H18N2O4S. The first-order valence-corrected chi connectivity index (χ1v) is 7.33. The van der Waals surface area contributed by atoms with E-state index in [0.29, 0.717) is 26.1 Å². The number of amides is 1. The molecule has 6 nitrogen and oxygen atoms in total. The van der Waals surface area contributed by atoms with Gasteiger partial charge in [0.1, 0.15) is 0 Å². The summed E-state index contributed by atoms with van der Waals surface area (Å²) in [5.74, 6) is -0.298. The second kappa shape index (κ2) is 6.81. The highest BCUT2D eigenvalue weighted by atomic mass is 32.1. The van der Waals surface area contributed by atoms with E-state index < -0.39 is 0 Å². The van der Waals surface area contributed by atoms with E-state index >= 15 is 0 Å². The molecule has 2 heterocycles. The zero-order valence-corrected chi connectivity index (χ0v) is 12.4. The van der Waals surface area contributed by atoms with Crippen molar-refractivity contribution in [1.82, 2.24) is 9.88 Å². The number of esters is 1. The van der Waals surface area contributed by atoms with Gasteiger partial charge in [0, 0.05) is 18.5 Å². The van der Waals surface area contributed by atoms with Crippen LogP contribution in [0.4, 0.5) is 0 Å². The highest BCUT2D eigenvalue weighted by Gasteiger charge is 2.26. The summed E-state index contributed by atoms with van der Waals surface area (Å²) in [6.45, 7) is 3.35. The van der Waals surface area contributed by atoms with Gasteiger partial charge in [0.2, 0.25) is 5.91 Å². The van der Waals surface area contributed by atoms with E-state index in [9.17, 15) is 9.59 Å². The number of aryl methyl sites for hydroxylation is 1. The van der Waals surface area contributed by atoms with Crippen molar-refractivity contribution in [3.63, 3.8) is 0 Å². The highest BCUT2D eigenvalue weighted by molar-refractivity contribution is 7.09. The van der Waals surface area contributed by atoms with E-state index in [1.54, 1.807) is 4.90 Å². The molecule has 0 spiro atoms. The predicted octanol–water partition coefficient (Wildman–Crippen LogP) is 0.785. The zero-order valence-electron chi connectivity index (χ0n) is 11.6. The van der Waals surface area contributed by atoms with Gasteiger partial charge in [-0.15, -0.1) is 11.3 Å². The van der Waals surface area contributed by atoms with Crippen LogP contribution in [0.1, 0.15) is 17.1 Å². The molecule has 0 aliphatic carbocycles. The smallest absolute Gasteiger partial charge is 0.308 e. The number of hydrogen-bond donors (Lipinski definition) is 0. The second-order valence-corrected chi connectivity index (χ2v) is 5.71. The van der Waals surface area contributed by atoms with Crippen molar-refractivity contribution in [2.24, 2.45) is 0 Å². The summed E-state index contributed by atoms with van der Waals surface area (Å²) in [5, 5.41) is 2.86. The number of hydrogen-bond acceptors (Lipinski definition) is 6. The Bertz CT molecular complexity index is 488. The number of morpholine rings is 1. The van der Waals surface area contributed by atoms with Crippen molar-refractivity contribution in [1.29, 1.82) is 0 Å². The fourth-order valence-electron chi connectivity index (χ4n) is 2.09. The van der Waals surface area contributed by atoms with Gasteiger partial charge in [0.15, 0.2) is 0 Å². The van der Waals surface area contributed by atoms with Crippen LogP contribution in [-0.4, -0.2) is 54.7 Å². The molecule has 0 N–H and O–H groups in total. The average molecular weight is 298 g/mol. The number of carbonyl (C=O) groups excluding carboxylic acids is 2. The van der Waals surface area contributed by atoms with Crippen LogP contribution in [-0.2, 0) is 25.5 Å². The maximum Gasteiger partial charge on any atom is 0.308 e. The van der Waals surface area contributed by atoms with E-state index in [0.717, 1.165) is 10.7 Å². The molecule has 1 fully saturated rings. The van der Waals surface area contributed by atoms with Crippen LogP contribution in [0.2, 0.25) is 0 Å². The van der Waals surface area contributed by atoms with Gasteiger partial charge in [-0.3, -0.25) is 9.59 Å². The number of thiazole rings is 1. The Morgan fingerprint density at radius 2 is 2.40 bits per heavy atom. The summed E-state index contributed by atoms with van der Waals surface area (Å²) < 4.78 is 10.1. The molecule has 1 saturated heterocycles. The van der Waals surface area contributed by atoms with E-state index in [2.05, 4.69) is 9.72 Å². The number of methoxy groups -OCH3 is 1. The Labute approximate surface area is 121 Å². The second-order valence-electron chi connectivity index (χ2n) is 4.65. The van der Waals surface area contributed by atoms with Crippen LogP contribution in [0.5, 0.6) is 0 Å². The lowest BCUT2D eigenvalue weighted by atomic mass is 10.2. The van der Waals surface area contributed by atoms with Gasteiger partial charge < -0.3 is 14.4 Å². The minimum Gasteiger partial charge on any atom is -0.469 e. The first-order valence-electron chi connectivity index (χ1n) is 6.45. The third-order valence-electron chi connectivity index (χ3n) is 3.11. The standard InChI is InChI=1S/C13H18N2O4S/c1-9-14-10(8-20-9)5-12(16)15-3-4-19-11(7-15)6-13(17)18-2/h8,11H,3-7H2,1-2H3. The van der Waals surface area contributed by atoms with Crippen molar-refractivity contribution in [2.45, 2.75) is 25.9 Å². The predicted molar refractivity (Wildman–Crippen MR) is 73.5 cm³/mol. The summed E-state index contributed by atoms with van der Waals surface area (Å²) in [4.78, 5) is 29.5. The van der Waals surface area contributed by atoms with Crippen LogP contribution in [0.15, 0.2) is 5.38 Å². The molecule has 2 rings (SSSR count).